The van der Waals surface area contributed by atoms with Crippen LogP contribution < -0.4 is 71.2 Å². The Morgan fingerprint density at radius 3 is 1.24 bits per heavy atom. The van der Waals surface area contributed by atoms with Gasteiger partial charge in [0, 0.05) is 25.9 Å². The van der Waals surface area contributed by atoms with Crippen LogP contribution in [0.15, 0.2) is 34.3 Å². The summed E-state index contributed by atoms with van der Waals surface area (Å²) in [6.45, 7) is 7.75. The normalized spacial score (nSPS) is 14.6. The first kappa shape index (κ1) is 68.2. The van der Waals surface area contributed by atoms with Gasteiger partial charge in [0.05, 0.1) is 19.3 Å². The van der Waals surface area contributed by atoms with Gasteiger partial charge in [-0.25, -0.2) is 4.79 Å². The number of nitrogens with zero attached hydrogens (tertiary/aromatic N) is 2. The fourth-order valence-corrected chi connectivity index (χ4v) is 7.35. The molecule has 0 aliphatic heterocycles. The third kappa shape index (κ3) is 25.8. The minimum atomic E-state index is -1.81. The second-order valence-corrected chi connectivity index (χ2v) is 19.5. The number of carbonyl (C=O) groups is 10. The van der Waals surface area contributed by atoms with Crippen LogP contribution in [0, 0.1) is 17.8 Å². The van der Waals surface area contributed by atoms with Gasteiger partial charge >= 0.3 is 11.9 Å². The Morgan fingerprint density at radius 1 is 0.500 bits per heavy atom. The van der Waals surface area contributed by atoms with Crippen molar-refractivity contribution in [3.63, 3.8) is 0 Å². The van der Waals surface area contributed by atoms with Crippen molar-refractivity contribution < 1.29 is 73.5 Å². The Labute approximate surface area is 451 Å². The van der Waals surface area contributed by atoms with Crippen LogP contribution in [-0.2, 0) is 54.4 Å². The highest BCUT2D eigenvalue weighted by Crippen LogP contribution is 2.14. The Balaban J connectivity index is 3.44. The molecule has 30 heteroatoms. The standard InChI is InChI=1S/C48H81N15O15/c1-23(2)19-28(49)38(69)60-33(21-64)42(73)57-31(15-16-35(67)68)40(71)56-29(9-7-17-54-47(50)51)39(70)61-34(22-65)43(74)63-36(24(3)4)44(75)58-30(10-8-18-55-48(52)53)41(72)62-37(25(5)6)45(76)59-32(46(77)78)20-26-11-13-27(66)14-12-26/h11-14,23-25,28-34,36-37,64-66H,7-10,15-22,49H2,1-6H3,(H,56,71)(H,57,73)(H,58,75)(H,59,76)(H,60,69)(H,61,70)(H,62,72)(H,63,74)(H,67,68)(H,77,78)(H4,50,51,54)(H4,52,53,55)/t28-,29-,30-,31-,32-,33-,34-,36-,37-/m0/s1. The summed E-state index contributed by atoms with van der Waals surface area (Å²) in [5.41, 5.74) is 28.2. The average Bonchev–Trinajstić information content (AvgIpc) is 3.35. The second-order valence-electron chi connectivity index (χ2n) is 19.5. The number of carboxylic acids is 2. The van der Waals surface area contributed by atoms with Gasteiger partial charge in [-0.05, 0) is 74.0 Å². The Morgan fingerprint density at radius 2 is 0.859 bits per heavy atom. The van der Waals surface area contributed by atoms with Gasteiger partial charge in [0.1, 0.15) is 54.1 Å². The molecule has 0 heterocycles. The summed E-state index contributed by atoms with van der Waals surface area (Å²) in [6, 6.07) is -7.79. The number of carbonyl (C=O) groups excluding carboxylic acids is 8. The predicted molar refractivity (Wildman–Crippen MR) is 283 cm³/mol. The zero-order valence-electron chi connectivity index (χ0n) is 44.8. The molecule has 78 heavy (non-hydrogen) atoms. The quantitative estimate of drug-likeness (QED) is 0.0169. The third-order valence-corrected chi connectivity index (χ3v) is 11.6. The summed E-state index contributed by atoms with van der Waals surface area (Å²) >= 11 is 0. The first-order valence-corrected chi connectivity index (χ1v) is 25.2. The number of aliphatic hydroxyl groups is 2. The number of nitrogens with two attached hydrogens (primary N) is 5. The van der Waals surface area contributed by atoms with Crippen molar-refractivity contribution in [1.82, 2.24) is 42.5 Å². The van der Waals surface area contributed by atoms with Crippen LogP contribution in [0.4, 0.5) is 0 Å². The number of aromatic hydroxyl groups is 1. The minimum Gasteiger partial charge on any atom is -0.508 e. The van der Waals surface area contributed by atoms with Gasteiger partial charge in [0.25, 0.3) is 0 Å². The fourth-order valence-electron chi connectivity index (χ4n) is 7.35. The van der Waals surface area contributed by atoms with Crippen molar-refractivity contribution in [3.05, 3.63) is 29.8 Å². The lowest BCUT2D eigenvalue weighted by Gasteiger charge is -2.29. The van der Waals surface area contributed by atoms with Crippen molar-refractivity contribution in [2.75, 3.05) is 26.3 Å². The fraction of sp³-hybridized carbons (Fsp3) is 0.625. The number of phenolic OH excluding ortho intramolecular Hbond substituents is 1. The van der Waals surface area contributed by atoms with Gasteiger partial charge in [-0.2, -0.15) is 0 Å². The smallest absolute Gasteiger partial charge is 0.326 e. The lowest BCUT2D eigenvalue weighted by Crippen LogP contribution is -2.62. The van der Waals surface area contributed by atoms with E-state index in [0.29, 0.717) is 5.56 Å². The molecule has 0 fully saturated rings. The Hall–Kier alpha value is -7.86. The number of aliphatic carboxylic acids is 2. The maximum Gasteiger partial charge on any atom is 0.326 e. The number of guanidine groups is 2. The van der Waals surface area contributed by atoms with Gasteiger partial charge in [0.2, 0.25) is 47.3 Å². The predicted octanol–water partition coefficient (Wildman–Crippen LogP) is -5.46. The first-order chi connectivity index (χ1) is 36.5. The molecule has 1 rings (SSSR count). The molecule has 0 spiro atoms. The number of amides is 8. The molecular weight excluding hydrogens is 1030 g/mol. The zero-order chi connectivity index (χ0) is 59.4. The molecule has 8 amide bonds. The number of aliphatic imine (C=N–C) groups is 2. The highest BCUT2D eigenvalue weighted by Gasteiger charge is 2.36. The van der Waals surface area contributed by atoms with Gasteiger partial charge in [-0.3, -0.25) is 53.1 Å². The number of phenols is 1. The highest BCUT2D eigenvalue weighted by atomic mass is 16.4. The summed E-state index contributed by atoms with van der Waals surface area (Å²) in [5.74, 6) is -12.6. The van der Waals surface area contributed by atoms with Gasteiger partial charge in [0.15, 0.2) is 11.9 Å². The molecule has 0 aliphatic carbocycles. The van der Waals surface area contributed by atoms with E-state index >= 15 is 0 Å². The summed E-state index contributed by atoms with van der Waals surface area (Å²) in [6.07, 6.45) is -1.43. The molecule has 0 saturated heterocycles. The molecule has 0 bridgehead atoms. The maximum atomic E-state index is 14.1. The molecule has 9 atom stereocenters. The summed E-state index contributed by atoms with van der Waals surface area (Å²) < 4.78 is 0. The van der Waals surface area contributed by atoms with Crippen molar-refractivity contribution in [2.24, 2.45) is 56.4 Å². The van der Waals surface area contributed by atoms with Gasteiger partial charge < -0.3 is 96.7 Å². The summed E-state index contributed by atoms with van der Waals surface area (Å²) in [4.78, 5) is 141. The van der Waals surface area contributed by atoms with E-state index < -0.39 is 151 Å². The van der Waals surface area contributed by atoms with Crippen molar-refractivity contribution in [2.45, 2.75) is 147 Å². The summed E-state index contributed by atoms with van der Waals surface area (Å²) in [5, 5.41) is 68.6. The van der Waals surface area contributed by atoms with Crippen LogP contribution in [0.1, 0.15) is 92.1 Å². The molecule has 0 aromatic heterocycles. The van der Waals surface area contributed by atoms with Crippen LogP contribution in [0.5, 0.6) is 5.75 Å². The zero-order valence-corrected chi connectivity index (χ0v) is 44.8. The SMILES string of the molecule is CC(C)C[C@H](N)C(=O)N[C@@H](CO)C(=O)N[C@@H](CCC(=O)O)C(=O)N[C@@H](CCCN=C(N)N)C(=O)N[C@@H](CO)C(=O)N[C@H](C(=O)N[C@@H](CCCN=C(N)N)C(=O)N[C@H](C(=O)N[C@@H](Cc1ccc(O)cc1)C(=O)O)C(C)C)C(C)C. The minimum absolute atomic E-state index is 0.00129. The van der Waals surface area contributed by atoms with Crippen LogP contribution in [0.3, 0.4) is 0 Å². The Kier molecular flexibility index (Phi) is 30.3. The molecular formula is C48H81N15O15. The lowest BCUT2D eigenvalue weighted by atomic mass is 9.99. The third-order valence-electron chi connectivity index (χ3n) is 11.6. The van der Waals surface area contributed by atoms with E-state index in [1.165, 1.54) is 38.1 Å². The number of aliphatic hydroxyl groups excluding tert-OH is 2. The molecule has 0 saturated carbocycles. The largest absolute Gasteiger partial charge is 0.508 e. The van der Waals surface area contributed by atoms with E-state index in [4.69, 9.17) is 28.7 Å². The van der Waals surface area contributed by atoms with Gasteiger partial charge in [-0.15, -0.1) is 0 Å². The van der Waals surface area contributed by atoms with Crippen LogP contribution in [-0.4, -0.2) is 177 Å². The maximum absolute atomic E-state index is 14.1. The van der Waals surface area contributed by atoms with Crippen LogP contribution in [0.2, 0.25) is 0 Å². The molecule has 23 N–H and O–H groups in total. The Bertz CT molecular complexity index is 2240. The number of nitrogens with one attached hydrogen (secondary N) is 8. The van der Waals surface area contributed by atoms with E-state index in [-0.39, 0.29) is 75.2 Å². The molecule has 438 valence electrons. The molecule has 0 unspecified atom stereocenters. The number of hydrogen-bond acceptors (Lipinski definition) is 16. The molecule has 1 aromatic rings. The van der Waals surface area contributed by atoms with E-state index in [2.05, 4.69) is 52.5 Å². The van der Waals surface area contributed by atoms with E-state index in [9.17, 15) is 73.5 Å². The monoisotopic (exact) mass is 1110 g/mol. The summed E-state index contributed by atoms with van der Waals surface area (Å²) in [7, 11) is 0. The van der Waals surface area contributed by atoms with E-state index in [1.54, 1.807) is 27.7 Å². The topological polar surface area (TPSA) is 523 Å². The molecule has 30 nitrogen and oxygen atoms in total. The van der Waals surface area contributed by atoms with E-state index in [0.717, 1.165) is 0 Å². The van der Waals surface area contributed by atoms with Crippen molar-refractivity contribution >= 4 is 71.1 Å². The van der Waals surface area contributed by atoms with E-state index in [1.807, 2.05) is 0 Å². The number of carboxylic acid groups (broad SMARTS) is 2. The van der Waals surface area contributed by atoms with Crippen LogP contribution >= 0.6 is 0 Å². The number of benzene rings is 1. The first-order valence-electron chi connectivity index (χ1n) is 25.2. The molecule has 1 aromatic carbocycles. The van der Waals surface area contributed by atoms with Crippen molar-refractivity contribution in [1.29, 1.82) is 0 Å². The number of hydrogen-bond donors (Lipinski definition) is 18. The molecule has 0 aliphatic rings. The lowest BCUT2D eigenvalue weighted by molar-refractivity contribution is -0.142. The molecule has 0 radical (unpaired) electrons. The van der Waals surface area contributed by atoms with Crippen LogP contribution in [0.25, 0.3) is 0 Å². The second kappa shape index (κ2) is 34.7. The van der Waals surface area contributed by atoms with Gasteiger partial charge in [-0.1, -0.05) is 53.7 Å². The average molecular weight is 1110 g/mol. The number of rotatable bonds is 36. The highest BCUT2D eigenvalue weighted by molar-refractivity contribution is 5.98. The van der Waals surface area contributed by atoms with Crippen molar-refractivity contribution in [3.8, 4) is 5.75 Å².